The van der Waals surface area contributed by atoms with E-state index in [1.165, 1.54) is 30.6 Å². The van der Waals surface area contributed by atoms with Crippen molar-refractivity contribution in [1.29, 1.82) is 0 Å². The summed E-state index contributed by atoms with van der Waals surface area (Å²) in [6, 6.07) is 3.59. The van der Waals surface area contributed by atoms with Gasteiger partial charge < -0.3 is 20.5 Å². The minimum Gasteiger partial charge on any atom is -0.494 e. The summed E-state index contributed by atoms with van der Waals surface area (Å²) in [5.74, 6) is -2.78. The van der Waals surface area contributed by atoms with E-state index in [2.05, 4.69) is 5.32 Å². The molecule has 9 heteroatoms. The van der Waals surface area contributed by atoms with E-state index in [1.807, 2.05) is 0 Å². The van der Waals surface area contributed by atoms with Crippen molar-refractivity contribution >= 4 is 34.1 Å². The SMILES string of the molecule is COc1ccc(C(=O)OCC(=O)Nc2sc3c(c2C(N)=O)CCC3)cc1F. The lowest BCUT2D eigenvalue weighted by Gasteiger charge is -2.08. The lowest BCUT2D eigenvalue weighted by Crippen LogP contribution is -2.22. The summed E-state index contributed by atoms with van der Waals surface area (Å²) in [5, 5.41) is 2.93. The second kappa shape index (κ2) is 7.75. The molecule has 0 bridgehead atoms. The fraction of sp³-hybridized carbons (Fsp3) is 0.278. The van der Waals surface area contributed by atoms with E-state index >= 15 is 0 Å². The molecule has 0 atom stereocenters. The van der Waals surface area contributed by atoms with Gasteiger partial charge in [-0.1, -0.05) is 0 Å². The maximum absolute atomic E-state index is 13.6. The van der Waals surface area contributed by atoms with Crippen LogP contribution in [0.1, 0.15) is 37.6 Å². The third-order valence-electron chi connectivity index (χ3n) is 4.14. The van der Waals surface area contributed by atoms with Crippen LogP contribution in [0.2, 0.25) is 0 Å². The Hall–Kier alpha value is -2.94. The second-order valence-electron chi connectivity index (χ2n) is 5.90. The number of methoxy groups -OCH3 is 1. The molecule has 0 unspecified atom stereocenters. The van der Waals surface area contributed by atoms with Gasteiger partial charge >= 0.3 is 5.97 Å². The normalized spacial score (nSPS) is 12.4. The highest BCUT2D eigenvalue weighted by molar-refractivity contribution is 7.17. The van der Waals surface area contributed by atoms with Gasteiger partial charge in [0, 0.05) is 4.88 Å². The van der Waals surface area contributed by atoms with Gasteiger partial charge in [0.15, 0.2) is 18.2 Å². The van der Waals surface area contributed by atoms with Gasteiger partial charge in [0.05, 0.1) is 18.2 Å². The van der Waals surface area contributed by atoms with Gasteiger partial charge in [-0.3, -0.25) is 9.59 Å². The topological polar surface area (TPSA) is 108 Å². The summed E-state index contributed by atoms with van der Waals surface area (Å²) in [5.41, 5.74) is 6.59. The Balaban J connectivity index is 1.63. The van der Waals surface area contributed by atoms with Gasteiger partial charge in [0.1, 0.15) is 5.00 Å². The number of halogens is 1. The van der Waals surface area contributed by atoms with Crippen LogP contribution in [-0.4, -0.2) is 31.5 Å². The third kappa shape index (κ3) is 3.92. The van der Waals surface area contributed by atoms with E-state index in [-0.39, 0.29) is 11.3 Å². The molecular weight excluding hydrogens is 375 g/mol. The Morgan fingerprint density at radius 3 is 2.74 bits per heavy atom. The molecule has 0 aliphatic heterocycles. The van der Waals surface area contributed by atoms with Crippen LogP contribution >= 0.6 is 11.3 Å². The van der Waals surface area contributed by atoms with E-state index in [9.17, 15) is 18.8 Å². The number of amides is 2. The lowest BCUT2D eigenvalue weighted by molar-refractivity contribution is -0.119. The molecule has 0 saturated carbocycles. The number of esters is 1. The van der Waals surface area contributed by atoms with Crippen LogP contribution in [0.15, 0.2) is 18.2 Å². The summed E-state index contributed by atoms with van der Waals surface area (Å²) in [6.45, 7) is -0.576. The number of nitrogens with one attached hydrogen (secondary N) is 1. The third-order valence-corrected chi connectivity index (χ3v) is 5.35. The molecule has 1 aromatic heterocycles. The average molecular weight is 392 g/mol. The molecular formula is C18H17FN2O5S. The zero-order chi connectivity index (χ0) is 19.6. The maximum Gasteiger partial charge on any atom is 0.338 e. The Labute approximate surface area is 158 Å². The van der Waals surface area contributed by atoms with Crippen molar-refractivity contribution in [3.63, 3.8) is 0 Å². The van der Waals surface area contributed by atoms with Crippen molar-refractivity contribution in [3.05, 3.63) is 45.6 Å². The number of hydrogen-bond acceptors (Lipinski definition) is 6. The number of thiophene rings is 1. The Morgan fingerprint density at radius 1 is 1.30 bits per heavy atom. The van der Waals surface area contributed by atoms with Gasteiger partial charge in [-0.2, -0.15) is 0 Å². The molecule has 0 saturated heterocycles. The van der Waals surface area contributed by atoms with Crippen LogP contribution in [-0.2, 0) is 22.4 Å². The molecule has 0 spiro atoms. The molecule has 3 N–H and O–H groups in total. The number of hydrogen-bond donors (Lipinski definition) is 2. The van der Waals surface area contributed by atoms with E-state index in [0.717, 1.165) is 35.8 Å². The summed E-state index contributed by atoms with van der Waals surface area (Å²) < 4.78 is 23.3. The summed E-state index contributed by atoms with van der Waals surface area (Å²) in [7, 11) is 1.31. The molecule has 1 aliphatic carbocycles. The largest absolute Gasteiger partial charge is 0.494 e. The lowest BCUT2D eigenvalue weighted by atomic mass is 10.1. The first-order valence-corrected chi connectivity index (χ1v) is 8.97. The standard InChI is InChI=1S/C18H17FN2O5S/c1-25-12-6-5-9(7-11(12)19)18(24)26-8-14(22)21-17-15(16(20)23)10-3-2-4-13(10)27-17/h5-7H,2-4,8H2,1H3,(H2,20,23)(H,21,22). The monoisotopic (exact) mass is 392 g/mol. The van der Waals surface area contributed by atoms with Gasteiger partial charge in [-0.25, -0.2) is 9.18 Å². The van der Waals surface area contributed by atoms with Crippen molar-refractivity contribution < 1.29 is 28.2 Å². The second-order valence-corrected chi connectivity index (χ2v) is 7.00. The first kappa shape index (κ1) is 18.8. The van der Waals surface area contributed by atoms with Crippen molar-refractivity contribution in [3.8, 4) is 5.75 Å². The van der Waals surface area contributed by atoms with Gasteiger partial charge in [-0.05, 0) is 43.0 Å². The number of primary amides is 1. The molecule has 1 aliphatic rings. The molecule has 142 valence electrons. The maximum atomic E-state index is 13.6. The smallest absolute Gasteiger partial charge is 0.338 e. The predicted molar refractivity (Wildman–Crippen MR) is 96.7 cm³/mol. The molecule has 2 amide bonds. The fourth-order valence-corrected chi connectivity index (χ4v) is 4.23. The molecule has 0 radical (unpaired) electrons. The Kier molecular flexibility index (Phi) is 5.41. The van der Waals surface area contributed by atoms with Crippen LogP contribution < -0.4 is 15.8 Å². The van der Waals surface area contributed by atoms with Gasteiger partial charge in [0.2, 0.25) is 0 Å². The zero-order valence-corrected chi connectivity index (χ0v) is 15.3. The highest BCUT2D eigenvalue weighted by Gasteiger charge is 2.26. The molecule has 7 nitrogen and oxygen atoms in total. The first-order chi connectivity index (χ1) is 12.9. The van der Waals surface area contributed by atoms with Crippen molar-refractivity contribution in [1.82, 2.24) is 0 Å². The number of ether oxygens (including phenoxy) is 2. The number of carbonyl (C=O) groups excluding carboxylic acids is 3. The van der Waals surface area contributed by atoms with E-state index < -0.39 is 30.2 Å². The van der Waals surface area contributed by atoms with Crippen LogP contribution in [0.4, 0.5) is 9.39 Å². The van der Waals surface area contributed by atoms with E-state index in [0.29, 0.717) is 10.6 Å². The summed E-state index contributed by atoms with van der Waals surface area (Å²) in [6.07, 6.45) is 2.54. The van der Waals surface area contributed by atoms with E-state index in [4.69, 9.17) is 15.2 Å². The molecule has 1 aromatic carbocycles. The molecule has 2 aromatic rings. The molecule has 1 heterocycles. The van der Waals surface area contributed by atoms with Crippen LogP contribution in [0, 0.1) is 5.82 Å². The van der Waals surface area contributed by atoms with Crippen molar-refractivity contribution in [2.45, 2.75) is 19.3 Å². The number of rotatable bonds is 6. The number of aryl methyl sites for hydroxylation is 1. The number of carbonyl (C=O) groups is 3. The number of anilines is 1. The summed E-state index contributed by atoms with van der Waals surface area (Å²) >= 11 is 1.31. The number of benzene rings is 1. The molecule has 27 heavy (non-hydrogen) atoms. The quantitative estimate of drug-likeness (QED) is 0.734. The van der Waals surface area contributed by atoms with Gasteiger partial charge in [-0.15, -0.1) is 11.3 Å². The van der Waals surface area contributed by atoms with Crippen molar-refractivity contribution in [2.24, 2.45) is 5.73 Å². The van der Waals surface area contributed by atoms with Crippen LogP contribution in [0.25, 0.3) is 0 Å². The van der Waals surface area contributed by atoms with Gasteiger partial charge in [0.25, 0.3) is 11.8 Å². The minimum absolute atomic E-state index is 0.00554. The number of nitrogens with two attached hydrogens (primary N) is 1. The zero-order valence-electron chi connectivity index (χ0n) is 14.5. The van der Waals surface area contributed by atoms with Crippen molar-refractivity contribution in [2.75, 3.05) is 19.0 Å². The van der Waals surface area contributed by atoms with Crippen LogP contribution in [0.5, 0.6) is 5.75 Å². The first-order valence-electron chi connectivity index (χ1n) is 8.15. The molecule has 0 fully saturated rings. The average Bonchev–Trinajstić information content (AvgIpc) is 3.19. The predicted octanol–water partition coefficient (Wildman–Crippen LogP) is 2.28. The van der Waals surface area contributed by atoms with Crippen LogP contribution in [0.3, 0.4) is 0 Å². The Bertz CT molecular complexity index is 925. The summed E-state index contributed by atoms with van der Waals surface area (Å²) in [4.78, 5) is 36.8. The molecule has 3 rings (SSSR count). The highest BCUT2D eigenvalue weighted by atomic mass is 32.1. The minimum atomic E-state index is -0.851. The number of fused-ring (bicyclic) bond motifs is 1. The van der Waals surface area contributed by atoms with E-state index in [1.54, 1.807) is 0 Å². The Morgan fingerprint density at radius 2 is 2.07 bits per heavy atom. The highest BCUT2D eigenvalue weighted by Crippen LogP contribution is 2.38. The fourth-order valence-electron chi connectivity index (χ4n) is 2.92.